The number of aromatic nitrogens is 3. The van der Waals surface area contributed by atoms with E-state index < -0.39 is 0 Å². The number of hydrogen-bond acceptors (Lipinski definition) is 6. The number of anilines is 1. The highest BCUT2D eigenvalue weighted by Gasteiger charge is 2.06. The summed E-state index contributed by atoms with van der Waals surface area (Å²) < 4.78 is 0. The molecular formula is C10H12N4OS. The minimum Gasteiger partial charge on any atom is -0.396 e. The Kier molecular flexibility index (Phi) is 3.79. The summed E-state index contributed by atoms with van der Waals surface area (Å²) >= 11 is 1.46. The van der Waals surface area contributed by atoms with Crippen LogP contribution in [-0.4, -0.2) is 33.4 Å². The molecule has 2 aromatic heterocycles. The lowest BCUT2D eigenvalue weighted by Crippen LogP contribution is -2.02. The van der Waals surface area contributed by atoms with E-state index in [0.717, 1.165) is 15.8 Å². The first-order valence-corrected chi connectivity index (χ1v) is 5.81. The lowest BCUT2D eigenvalue weighted by atomic mass is 10.4. The minimum absolute atomic E-state index is 0.179. The van der Waals surface area contributed by atoms with Crippen molar-refractivity contribution in [3.05, 3.63) is 24.4 Å². The average Bonchev–Trinajstić information content (AvgIpc) is 2.79. The first-order valence-electron chi connectivity index (χ1n) is 5.00. The van der Waals surface area contributed by atoms with Crippen LogP contribution in [0.5, 0.6) is 0 Å². The fraction of sp³-hybridized carbons (Fsp3) is 0.300. The number of nitrogens with zero attached hydrogens (tertiary/aromatic N) is 3. The third-order valence-corrected chi connectivity index (χ3v) is 2.82. The molecule has 0 aliphatic carbocycles. The van der Waals surface area contributed by atoms with Gasteiger partial charge in [0, 0.05) is 19.3 Å². The van der Waals surface area contributed by atoms with Crippen molar-refractivity contribution in [3.8, 4) is 10.7 Å². The Labute approximate surface area is 97.2 Å². The van der Waals surface area contributed by atoms with Gasteiger partial charge in [-0.1, -0.05) is 17.4 Å². The van der Waals surface area contributed by atoms with Crippen molar-refractivity contribution in [2.24, 2.45) is 0 Å². The third-order valence-electron chi connectivity index (χ3n) is 1.92. The van der Waals surface area contributed by atoms with Gasteiger partial charge in [-0.15, -0.1) is 10.2 Å². The maximum Gasteiger partial charge on any atom is 0.206 e. The fourth-order valence-electron chi connectivity index (χ4n) is 1.16. The Balaban J connectivity index is 2.02. The molecule has 6 heteroatoms. The molecule has 0 aliphatic heterocycles. The zero-order chi connectivity index (χ0) is 11.2. The summed E-state index contributed by atoms with van der Waals surface area (Å²) in [6.45, 7) is 0.881. The van der Waals surface area contributed by atoms with Gasteiger partial charge in [-0.3, -0.25) is 4.98 Å². The first kappa shape index (κ1) is 11.0. The molecule has 0 spiro atoms. The standard InChI is InChI=1S/C10H12N4OS/c15-7-3-6-12-10-14-13-9(16-10)8-4-1-2-5-11-8/h1-2,4-5,15H,3,6-7H2,(H,12,14). The van der Waals surface area contributed by atoms with Crippen LogP contribution in [0, 0.1) is 0 Å². The van der Waals surface area contributed by atoms with Gasteiger partial charge in [-0.05, 0) is 18.6 Å². The predicted molar refractivity (Wildman–Crippen MR) is 63.3 cm³/mol. The van der Waals surface area contributed by atoms with Crippen molar-refractivity contribution in [1.82, 2.24) is 15.2 Å². The van der Waals surface area contributed by atoms with Gasteiger partial charge < -0.3 is 10.4 Å². The summed E-state index contributed by atoms with van der Waals surface area (Å²) in [6, 6.07) is 5.69. The second-order valence-electron chi connectivity index (χ2n) is 3.13. The van der Waals surface area contributed by atoms with Crippen molar-refractivity contribution >= 4 is 16.5 Å². The van der Waals surface area contributed by atoms with E-state index in [4.69, 9.17) is 5.11 Å². The molecule has 0 bridgehead atoms. The number of hydrogen-bond donors (Lipinski definition) is 2. The molecule has 0 saturated heterocycles. The molecule has 16 heavy (non-hydrogen) atoms. The monoisotopic (exact) mass is 236 g/mol. The molecule has 0 atom stereocenters. The van der Waals surface area contributed by atoms with Gasteiger partial charge in [-0.2, -0.15) is 0 Å². The molecule has 84 valence electrons. The molecule has 0 fully saturated rings. The number of aliphatic hydroxyl groups excluding tert-OH is 1. The van der Waals surface area contributed by atoms with E-state index in [1.165, 1.54) is 11.3 Å². The van der Waals surface area contributed by atoms with E-state index in [1.54, 1.807) is 6.20 Å². The van der Waals surface area contributed by atoms with E-state index in [-0.39, 0.29) is 6.61 Å². The molecule has 0 amide bonds. The van der Waals surface area contributed by atoms with Gasteiger partial charge in [0.2, 0.25) is 5.13 Å². The lowest BCUT2D eigenvalue weighted by Gasteiger charge is -1.97. The Morgan fingerprint density at radius 2 is 2.25 bits per heavy atom. The van der Waals surface area contributed by atoms with E-state index in [1.807, 2.05) is 18.2 Å². The molecule has 0 unspecified atom stereocenters. The molecule has 2 N–H and O–H groups in total. The molecule has 2 rings (SSSR count). The van der Waals surface area contributed by atoms with E-state index in [9.17, 15) is 0 Å². The van der Waals surface area contributed by atoms with Gasteiger partial charge in [0.15, 0.2) is 5.01 Å². The predicted octanol–water partition coefficient (Wildman–Crippen LogP) is 1.39. The van der Waals surface area contributed by atoms with Gasteiger partial charge >= 0.3 is 0 Å². The van der Waals surface area contributed by atoms with Crippen LogP contribution in [0.25, 0.3) is 10.7 Å². The van der Waals surface area contributed by atoms with E-state index in [2.05, 4.69) is 20.5 Å². The van der Waals surface area contributed by atoms with Crippen LogP contribution >= 0.6 is 11.3 Å². The normalized spacial score (nSPS) is 10.3. The number of nitrogens with one attached hydrogen (secondary N) is 1. The molecule has 0 aliphatic rings. The highest BCUT2D eigenvalue weighted by atomic mass is 32.1. The average molecular weight is 236 g/mol. The Morgan fingerprint density at radius 1 is 1.31 bits per heavy atom. The second-order valence-corrected chi connectivity index (χ2v) is 4.11. The zero-order valence-electron chi connectivity index (χ0n) is 8.63. The quantitative estimate of drug-likeness (QED) is 0.768. The SMILES string of the molecule is OCCCNc1nnc(-c2ccccn2)s1. The first-order chi connectivity index (χ1) is 7.90. The van der Waals surface area contributed by atoms with E-state index >= 15 is 0 Å². The highest BCUT2D eigenvalue weighted by Crippen LogP contribution is 2.23. The molecule has 2 heterocycles. The van der Waals surface area contributed by atoms with Crippen LogP contribution in [0.1, 0.15) is 6.42 Å². The number of pyridine rings is 1. The van der Waals surface area contributed by atoms with Crippen molar-refractivity contribution in [3.63, 3.8) is 0 Å². The molecule has 0 radical (unpaired) electrons. The molecular weight excluding hydrogens is 224 g/mol. The summed E-state index contributed by atoms with van der Waals surface area (Å²) in [5.41, 5.74) is 0.829. The lowest BCUT2D eigenvalue weighted by molar-refractivity contribution is 0.292. The van der Waals surface area contributed by atoms with Gasteiger partial charge in [0.1, 0.15) is 5.69 Å². The summed E-state index contributed by atoms with van der Waals surface area (Å²) in [5.74, 6) is 0. The van der Waals surface area contributed by atoms with Crippen LogP contribution in [0.4, 0.5) is 5.13 Å². The summed E-state index contributed by atoms with van der Waals surface area (Å²) in [4.78, 5) is 4.20. The van der Waals surface area contributed by atoms with Gasteiger partial charge in [0.05, 0.1) is 0 Å². The van der Waals surface area contributed by atoms with E-state index in [0.29, 0.717) is 13.0 Å². The maximum absolute atomic E-state index is 8.64. The molecule has 2 aromatic rings. The summed E-state index contributed by atoms with van der Waals surface area (Å²) in [5, 5.41) is 21.3. The molecule has 0 aromatic carbocycles. The van der Waals surface area contributed by atoms with Crippen molar-refractivity contribution in [2.75, 3.05) is 18.5 Å². The Morgan fingerprint density at radius 3 is 3.00 bits per heavy atom. The molecule has 5 nitrogen and oxygen atoms in total. The molecule has 0 saturated carbocycles. The largest absolute Gasteiger partial charge is 0.396 e. The smallest absolute Gasteiger partial charge is 0.206 e. The van der Waals surface area contributed by atoms with Crippen LogP contribution in [0.2, 0.25) is 0 Å². The van der Waals surface area contributed by atoms with Crippen LogP contribution in [-0.2, 0) is 0 Å². The van der Waals surface area contributed by atoms with Crippen LogP contribution in [0.3, 0.4) is 0 Å². The van der Waals surface area contributed by atoms with Crippen LogP contribution < -0.4 is 5.32 Å². The summed E-state index contributed by atoms with van der Waals surface area (Å²) in [6.07, 6.45) is 2.44. The van der Waals surface area contributed by atoms with Crippen molar-refractivity contribution < 1.29 is 5.11 Å². The maximum atomic E-state index is 8.64. The van der Waals surface area contributed by atoms with Crippen LogP contribution in [0.15, 0.2) is 24.4 Å². The Bertz CT molecular complexity index is 431. The van der Waals surface area contributed by atoms with Gasteiger partial charge in [0.25, 0.3) is 0 Å². The van der Waals surface area contributed by atoms with Gasteiger partial charge in [-0.25, -0.2) is 0 Å². The minimum atomic E-state index is 0.179. The topological polar surface area (TPSA) is 70.9 Å². The second kappa shape index (κ2) is 5.53. The number of rotatable bonds is 5. The third kappa shape index (κ3) is 2.74. The van der Waals surface area contributed by atoms with Crippen molar-refractivity contribution in [2.45, 2.75) is 6.42 Å². The summed E-state index contributed by atoms with van der Waals surface area (Å²) in [7, 11) is 0. The van der Waals surface area contributed by atoms with Crippen molar-refractivity contribution in [1.29, 1.82) is 0 Å². The highest BCUT2D eigenvalue weighted by molar-refractivity contribution is 7.18. The number of aliphatic hydroxyl groups is 1. The fourth-order valence-corrected chi connectivity index (χ4v) is 1.91. The zero-order valence-corrected chi connectivity index (χ0v) is 9.44. The Hall–Kier alpha value is -1.53.